The Morgan fingerprint density at radius 2 is 1.67 bits per heavy atom. The highest BCUT2D eigenvalue weighted by atomic mass is 19.4. The fourth-order valence-corrected chi connectivity index (χ4v) is 5.61. The molecule has 0 spiro atoms. The maximum absolute atomic E-state index is 13.9. The first kappa shape index (κ1) is 18.2. The standard InChI is InChI=1S/C19H29F3O2/c1-6-18-14-10-8-12(3)23-16(18)24-17(5,19(20,21)22)13(4)15(18)9-7-11(14)2/h6,11-16H,1,7-10H2,2-5H3. The van der Waals surface area contributed by atoms with E-state index in [1.807, 2.05) is 13.0 Å². The van der Waals surface area contributed by atoms with E-state index < -0.39 is 29.4 Å². The van der Waals surface area contributed by atoms with Gasteiger partial charge >= 0.3 is 6.18 Å². The summed E-state index contributed by atoms with van der Waals surface area (Å²) >= 11 is 0. The van der Waals surface area contributed by atoms with Gasteiger partial charge in [-0.2, -0.15) is 13.2 Å². The van der Waals surface area contributed by atoms with Gasteiger partial charge < -0.3 is 9.47 Å². The van der Waals surface area contributed by atoms with Gasteiger partial charge in [0.15, 0.2) is 11.9 Å². The van der Waals surface area contributed by atoms with Crippen LogP contribution in [-0.2, 0) is 9.47 Å². The fraction of sp³-hybridized carbons (Fsp3) is 0.895. The summed E-state index contributed by atoms with van der Waals surface area (Å²) < 4.78 is 53.4. The fourth-order valence-electron chi connectivity index (χ4n) is 5.61. The molecule has 0 radical (unpaired) electrons. The second-order valence-corrected chi connectivity index (χ2v) is 8.34. The van der Waals surface area contributed by atoms with Gasteiger partial charge in [-0.05, 0) is 56.8 Å². The molecule has 0 N–H and O–H groups in total. The van der Waals surface area contributed by atoms with E-state index in [1.165, 1.54) is 6.92 Å². The number of hydrogen-bond donors (Lipinski definition) is 0. The lowest BCUT2D eigenvalue weighted by molar-refractivity contribution is -0.397. The van der Waals surface area contributed by atoms with Crippen molar-refractivity contribution in [3.05, 3.63) is 12.7 Å². The molecule has 2 aliphatic heterocycles. The second-order valence-electron chi connectivity index (χ2n) is 8.34. The number of alkyl halides is 3. The molecule has 5 heteroatoms. The van der Waals surface area contributed by atoms with E-state index in [1.54, 1.807) is 6.92 Å². The van der Waals surface area contributed by atoms with Crippen molar-refractivity contribution in [3.8, 4) is 0 Å². The highest BCUT2D eigenvalue weighted by Crippen LogP contribution is 2.64. The zero-order chi connectivity index (χ0) is 17.9. The third-order valence-electron chi connectivity index (χ3n) is 7.29. The summed E-state index contributed by atoms with van der Waals surface area (Å²) in [5, 5.41) is 0. The molecule has 3 aliphatic rings. The molecule has 0 aromatic heterocycles. The summed E-state index contributed by atoms with van der Waals surface area (Å²) in [6.45, 7) is 11.1. The Morgan fingerprint density at radius 1 is 1.04 bits per heavy atom. The number of rotatable bonds is 1. The molecule has 0 aromatic carbocycles. The first-order valence-electron chi connectivity index (χ1n) is 9.11. The molecule has 2 heterocycles. The maximum atomic E-state index is 13.9. The van der Waals surface area contributed by atoms with Gasteiger partial charge in [-0.15, -0.1) is 6.58 Å². The molecule has 3 rings (SSSR count). The van der Waals surface area contributed by atoms with E-state index in [2.05, 4.69) is 13.5 Å². The van der Waals surface area contributed by atoms with Crippen LogP contribution < -0.4 is 0 Å². The van der Waals surface area contributed by atoms with E-state index in [0.29, 0.717) is 5.92 Å². The van der Waals surface area contributed by atoms with Gasteiger partial charge in [0.25, 0.3) is 0 Å². The lowest BCUT2D eigenvalue weighted by atomic mass is 9.50. The molecule has 1 saturated carbocycles. The van der Waals surface area contributed by atoms with Crippen LogP contribution in [0.1, 0.15) is 53.4 Å². The van der Waals surface area contributed by atoms with Gasteiger partial charge in [-0.3, -0.25) is 0 Å². The molecule has 1 aliphatic carbocycles. The predicted molar refractivity (Wildman–Crippen MR) is 86.3 cm³/mol. The normalized spacial score (nSPS) is 52.3. The van der Waals surface area contributed by atoms with Crippen molar-refractivity contribution in [2.75, 3.05) is 0 Å². The summed E-state index contributed by atoms with van der Waals surface area (Å²) in [5.41, 5.74) is -2.70. The third kappa shape index (κ3) is 2.30. The Hall–Kier alpha value is -0.550. The van der Waals surface area contributed by atoms with Crippen molar-refractivity contribution in [2.45, 2.75) is 77.5 Å². The molecule has 2 saturated heterocycles. The van der Waals surface area contributed by atoms with Crippen LogP contribution >= 0.6 is 0 Å². The van der Waals surface area contributed by atoms with Crippen LogP contribution in [0.15, 0.2) is 12.7 Å². The molecule has 0 aromatic rings. The smallest absolute Gasteiger partial charge is 0.349 e. The molecule has 24 heavy (non-hydrogen) atoms. The molecule has 138 valence electrons. The first-order valence-corrected chi connectivity index (χ1v) is 9.11. The second kappa shape index (κ2) is 5.73. The SMILES string of the molecule is C=CC12C3OC(C)CCC1C(C)CCC2C(C)C(C)(C(F)(F)F)O3. The zero-order valence-electron chi connectivity index (χ0n) is 15.0. The van der Waals surface area contributed by atoms with Gasteiger partial charge in [0, 0.05) is 5.41 Å². The molecule has 8 unspecified atom stereocenters. The number of halogens is 3. The van der Waals surface area contributed by atoms with E-state index in [-0.39, 0.29) is 17.9 Å². The van der Waals surface area contributed by atoms with Crippen molar-refractivity contribution in [1.82, 2.24) is 0 Å². The van der Waals surface area contributed by atoms with E-state index in [4.69, 9.17) is 9.47 Å². The number of hydrogen-bond acceptors (Lipinski definition) is 2. The summed E-state index contributed by atoms with van der Waals surface area (Å²) in [5.74, 6) is -0.0312. The van der Waals surface area contributed by atoms with Crippen molar-refractivity contribution in [2.24, 2.45) is 29.1 Å². The molecular formula is C19H29F3O2. The highest BCUT2D eigenvalue weighted by Gasteiger charge is 2.69. The van der Waals surface area contributed by atoms with Crippen LogP contribution in [0, 0.1) is 29.1 Å². The summed E-state index contributed by atoms with van der Waals surface area (Å²) in [4.78, 5) is 0. The Balaban J connectivity index is 2.13. The van der Waals surface area contributed by atoms with E-state index >= 15 is 0 Å². The van der Waals surface area contributed by atoms with E-state index in [9.17, 15) is 13.2 Å². The lowest BCUT2D eigenvalue weighted by Crippen LogP contribution is -2.67. The summed E-state index contributed by atoms with van der Waals surface area (Å²) in [6.07, 6.45) is 0.0290. The van der Waals surface area contributed by atoms with E-state index in [0.717, 1.165) is 25.7 Å². The van der Waals surface area contributed by atoms with Gasteiger partial charge in [-0.25, -0.2) is 0 Å². The largest absolute Gasteiger partial charge is 0.417 e. The Kier molecular flexibility index (Phi) is 4.36. The lowest BCUT2D eigenvalue weighted by Gasteiger charge is -2.62. The zero-order valence-corrected chi connectivity index (χ0v) is 15.0. The first-order chi connectivity index (χ1) is 11.1. The Bertz CT molecular complexity index is 505. The maximum Gasteiger partial charge on any atom is 0.417 e. The monoisotopic (exact) mass is 346 g/mol. The van der Waals surface area contributed by atoms with Crippen molar-refractivity contribution in [3.63, 3.8) is 0 Å². The quantitative estimate of drug-likeness (QED) is 0.597. The average Bonchev–Trinajstić information content (AvgIpc) is 2.63. The molecule has 0 amide bonds. The van der Waals surface area contributed by atoms with Crippen LogP contribution in [0.5, 0.6) is 0 Å². The average molecular weight is 346 g/mol. The van der Waals surface area contributed by atoms with Crippen LogP contribution in [-0.4, -0.2) is 24.2 Å². The summed E-state index contributed by atoms with van der Waals surface area (Å²) in [6, 6.07) is 0. The van der Waals surface area contributed by atoms with Gasteiger partial charge in [0.05, 0.1) is 6.10 Å². The van der Waals surface area contributed by atoms with Crippen LogP contribution in [0.25, 0.3) is 0 Å². The van der Waals surface area contributed by atoms with Crippen molar-refractivity contribution >= 4 is 0 Å². The molecule has 8 atom stereocenters. The summed E-state index contributed by atoms with van der Waals surface area (Å²) in [7, 11) is 0. The molecule has 0 bridgehead atoms. The van der Waals surface area contributed by atoms with Crippen LogP contribution in [0.4, 0.5) is 13.2 Å². The van der Waals surface area contributed by atoms with Crippen molar-refractivity contribution < 1.29 is 22.6 Å². The minimum absolute atomic E-state index is 0.101. The highest BCUT2D eigenvalue weighted by molar-refractivity contribution is 5.16. The van der Waals surface area contributed by atoms with Crippen LogP contribution in [0.3, 0.4) is 0 Å². The van der Waals surface area contributed by atoms with Gasteiger partial charge in [0.2, 0.25) is 0 Å². The minimum atomic E-state index is -4.42. The molecule has 2 nitrogen and oxygen atoms in total. The topological polar surface area (TPSA) is 18.5 Å². The van der Waals surface area contributed by atoms with Gasteiger partial charge in [-0.1, -0.05) is 26.3 Å². The van der Waals surface area contributed by atoms with Gasteiger partial charge in [0.1, 0.15) is 0 Å². The third-order valence-corrected chi connectivity index (χ3v) is 7.29. The molecular weight excluding hydrogens is 317 g/mol. The van der Waals surface area contributed by atoms with Crippen molar-refractivity contribution in [1.29, 1.82) is 0 Å². The number of ether oxygens (including phenoxy) is 2. The van der Waals surface area contributed by atoms with Crippen LogP contribution in [0.2, 0.25) is 0 Å². The Labute approximate surface area is 142 Å². The molecule has 3 fully saturated rings. The minimum Gasteiger partial charge on any atom is -0.349 e. The predicted octanol–water partition coefficient (Wildman–Crippen LogP) is 5.33. The Morgan fingerprint density at radius 3 is 2.25 bits per heavy atom.